The third-order valence-corrected chi connectivity index (χ3v) is 1.09. The second-order valence-corrected chi connectivity index (χ2v) is 1.59. The summed E-state index contributed by atoms with van der Waals surface area (Å²) in [6.07, 6.45) is 3.34. The summed E-state index contributed by atoms with van der Waals surface area (Å²) >= 11 is 0. The quantitative estimate of drug-likeness (QED) is 0.431. The van der Waals surface area contributed by atoms with Crippen LogP contribution in [0, 0.1) is 0 Å². The van der Waals surface area contributed by atoms with Crippen LogP contribution in [0.2, 0.25) is 0 Å². The van der Waals surface area contributed by atoms with Crippen molar-refractivity contribution in [1.29, 1.82) is 0 Å². The molecule has 1 aromatic heterocycles. The highest BCUT2D eigenvalue weighted by molar-refractivity contribution is 5.21. The van der Waals surface area contributed by atoms with Gasteiger partial charge in [0.2, 0.25) is 5.55 Å². The van der Waals surface area contributed by atoms with Gasteiger partial charge in [-0.3, -0.25) is 0 Å². The maximum atomic E-state index is 4.87. The zero-order valence-electron chi connectivity index (χ0n) is 4.16. The average molecular weight is 108 g/mol. The Kier molecular flexibility index (Phi) is 0.566. The first-order valence-electron chi connectivity index (χ1n) is 2.41. The van der Waals surface area contributed by atoms with E-state index in [1.807, 2.05) is 6.08 Å². The highest BCUT2D eigenvalue weighted by Crippen LogP contribution is 1.74. The van der Waals surface area contributed by atoms with E-state index in [2.05, 4.69) is 9.98 Å². The molecule has 0 atom stereocenters. The van der Waals surface area contributed by atoms with Crippen LogP contribution < -0.4 is 10.9 Å². The summed E-state index contributed by atoms with van der Waals surface area (Å²) in [6.45, 7) is 0.724. The first-order chi connectivity index (χ1) is 3.97. The maximum absolute atomic E-state index is 4.87. The molecule has 0 saturated carbocycles. The van der Waals surface area contributed by atoms with Crippen molar-refractivity contribution in [2.75, 3.05) is 6.54 Å². The molecule has 1 aliphatic heterocycles. The molecular weight excluding hydrogens is 104 g/mol. The monoisotopic (exact) mass is 108 g/mol. The fourth-order valence-corrected chi connectivity index (χ4v) is 0.722. The van der Waals surface area contributed by atoms with Gasteiger partial charge in [-0.1, -0.05) is 0 Å². The average Bonchev–Trinajstić information content (AvgIpc) is 2.15. The van der Waals surface area contributed by atoms with E-state index in [1.165, 1.54) is 6.39 Å². The van der Waals surface area contributed by atoms with Gasteiger partial charge in [0.25, 0.3) is 0 Å². The molecule has 0 N–H and O–H groups in total. The summed E-state index contributed by atoms with van der Waals surface area (Å²) in [4.78, 5) is 7.86. The van der Waals surface area contributed by atoms with Crippen LogP contribution in [-0.4, -0.2) is 11.5 Å². The van der Waals surface area contributed by atoms with E-state index in [0.717, 1.165) is 11.9 Å². The third-order valence-electron chi connectivity index (χ3n) is 1.09. The molecule has 1 aliphatic rings. The highest BCUT2D eigenvalue weighted by Gasteiger charge is 1.95. The van der Waals surface area contributed by atoms with E-state index >= 15 is 0 Å². The standard InChI is InChI=1S/C5H4N2O/c1-2-6-5-4(1)7-3-8-5/h1,3H,2H2. The lowest BCUT2D eigenvalue weighted by Gasteiger charge is -1.65. The van der Waals surface area contributed by atoms with Crippen LogP contribution in [-0.2, 0) is 0 Å². The Labute approximate surface area is 45.4 Å². The molecule has 1 aromatic rings. The minimum absolute atomic E-state index is 0.671. The molecule has 0 bridgehead atoms. The lowest BCUT2D eigenvalue weighted by Crippen LogP contribution is -2.17. The van der Waals surface area contributed by atoms with E-state index in [4.69, 9.17) is 4.42 Å². The summed E-state index contributed by atoms with van der Waals surface area (Å²) in [7, 11) is 0. The molecular formula is C5H4N2O. The molecule has 0 spiro atoms. The normalized spacial score (nSPS) is 14.5. The van der Waals surface area contributed by atoms with Crippen LogP contribution >= 0.6 is 0 Å². The molecule has 0 fully saturated rings. The fourth-order valence-electron chi connectivity index (χ4n) is 0.722. The molecule has 3 heteroatoms. The lowest BCUT2D eigenvalue weighted by molar-refractivity contribution is 0.504. The zero-order chi connectivity index (χ0) is 5.40. The Morgan fingerprint density at radius 1 is 1.62 bits per heavy atom. The molecule has 2 rings (SSSR count). The van der Waals surface area contributed by atoms with Crippen LogP contribution in [0.3, 0.4) is 0 Å². The minimum atomic E-state index is 0.671. The van der Waals surface area contributed by atoms with E-state index in [1.54, 1.807) is 0 Å². The molecule has 0 aliphatic carbocycles. The number of hydrogen-bond donors (Lipinski definition) is 0. The lowest BCUT2D eigenvalue weighted by atomic mass is 10.6. The van der Waals surface area contributed by atoms with Crippen LogP contribution in [0.4, 0.5) is 0 Å². The van der Waals surface area contributed by atoms with Gasteiger partial charge in [0, 0.05) is 0 Å². The van der Waals surface area contributed by atoms with Gasteiger partial charge in [0.15, 0.2) is 6.39 Å². The van der Waals surface area contributed by atoms with Gasteiger partial charge in [-0.05, 0) is 6.08 Å². The molecule has 0 amide bonds. The first-order valence-corrected chi connectivity index (χ1v) is 2.41. The smallest absolute Gasteiger partial charge is 0.242 e. The third kappa shape index (κ3) is 0.332. The van der Waals surface area contributed by atoms with Gasteiger partial charge < -0.3 is 4.42 Å². The Balaban J connectivity index is 3.08. The highest BCUT2D eigenvalue weighted by atomic mass is 16.3. The molecule has 3 nitrogen and oxygen atoms in total. The van der Waals surface area contributed by atoms with Gasteiger partial charge >= 0.3 is 0 Å². The summed E-state index contributed by atoms with van der Waals surface area (Å²) in [5.41, 5.74) is 0.671. The molecule has 2 heterocycles. The number of nitrogens with zero attached hydrogens (tertiary/aromatic N) is 2. The van der Waals surface area contributed by atoms with Gasteiger partial charge in [-0.2, -0.15) is 0 Å². The van der Waals surface area contributed by atoms with Crippen LogP contribution in [0.25, 0.3) is 6.08 Å². The number of fused-ring (bicyclic) bond motifs is 1. The van der Waals surface area contributed by atoms with Crippen LogP contribution in [0.5, 0.6) is 0 Å². The SMILES string of the molecule is C1=c2ncoc2=NC1. The largest absolute Gasteiger partial charge is 0.425 e. The summed E-state index contributed by atoms with van der Waals surface area (Å²) < 4.78 is 4.87. The minimum Gasteiger partial charge on any atom is -0.425 e. The second-order valence-electron chi connectivity index (χ2n) is 1.59. The molecule has 0 radical (unpaired) electrons. The predicted molar refractivity (Wildman–Crippen MR) is 26.6 cm³/mol. The topological polar surface area (TPSA) is 38.4 Å². The van der Waals surface area contributed by atoms with Gasteiger partial charge in [-0.25, -0.2) is 9.98 Å². The molecule has 8 heavy (non-hydrogen) atoms. The van der Waals surface area contributed by atoms with E-state index in [-0.39, 0.29) is 0 Å². The fraction of sp³-hybridized carbons (Fsp3) is 0.200. The first kappa shape index (κ1) is 3.83. The van der Waals surface area contributed by atoms with Gasteiger partial charge in [0.1, 0.15) is 5.35 Å². The predicted octanol–water partition coefficient (Wildman–Crippen LogP) is -0.912. The Bertz CT molecular complexity index is 270. The van der Waals surface area contributed by atoms with Gasteiger partial charge in [-0.15, -0.1) is 0 Å². The van der Waals surface area contributed by atoms with Crippen molar-refractivity contribution in [1.82, 2.24) is 4.98 Å². The van der Waals surface area contributed by atoms with Crippen molar-refractivity contribution in [2.24, 2.45) is 4.99 Å². The summed E-state index contributed by atoms with van der Waals surface area (Å²) in [5, 5.41) is 0.880. The van der Waals surface area contributed by atoms with Crippen LogP contribution in [0.15, 0.2) is 15.8 Å². The number of aromatic nitrogens is 1. The van der Waals surface area contributed by atoms with Crippen molar-refractivity contribution in [3.63, 3.8) is 0 Å². The van der Waals surface area contributed by atoms with Crippen LogP contribution in [0.1, 0.15) is 0 Å². The Morgan fingerprint density at radius 3 is 3.50 bits per heavy atom. The molecule has 0 saturated heterocycles. The van der Waals surface area contributed by atoms with Gasteiger partial charge in [0.05, 0.1) is 6.54 Å². The van der Waals surface area contributed by atoms with Crippen molar-refractivity contribution >= 4 is 6.08 Å². The zero-order valence-corrected chi connectivity index (χ0v) is 4.16. The molecule has 0 aromatic carbocycles. The van der Waals surface area contributed by atoms with Crippen molar-refractivity contribution < 1.29 is 4.42 Å². The van der Waals surface area contributed by atoms with Crippen molar-refractivity contribution in [3.8, 4) is 0 Å². The van der Waals surface area contributed by atoms with E-state index < -0.39 is 0 Å². The Morgan fingerprint density at radius 2 is 2.62 bits per heavy atom. The molecule has 0 unspecified atom stereocenters. The summed E-state index contributed by atoms with van der Waals surface area (Å²) in [6, 6.07) is 0. The second kappa shape index (κ2) is 1.18. The van der Waals surface area contributed by atoms with Crippen molar-refractivity contribution in [2.45, 2.75) is 0 Å². The number of hydrogen-bond acceptors (Lipinski definition) is 3. The number of oxazole rings is 1. The maximum Gasteiger partial charge on any atom is 0.242 e. The van der Waals surface area contributed by atoms with E-state index in [0.29, 0.717) is 5.55 Å². The Hall–Kier alpha value is -1.12. The number of rotatable bonds is 0. The van der Waals surface area contributed by atoms with E-state index in [9.17, 15) is 0 Å². The molecule has 40 valence electrons. The summed E-state index contributed by atoms with van der Waals surface area (Å²) in [5.74, 6) is 0. The van der Waals surface area contributed by atoms with Crippen molar-refractivity contribution in [3.05, 3.63) is 17.3 Å².